The van der Waals surface area contributed by atoms with Gasteiger partial charge in [0.15, 0.2) is 11.3 Å². The molecule has 0 unspecified atom stereocenters. The van der Waals surface area contributed by atoms with E-state index in [1.165, 1.54) is 6.07 Å². The van der Waals surface area contributed by atoms with E-state index in [1.807, 2.05) is 5.48 Å². The van der Waals surface area contributed by atoms with Crippen LogP contribution in [0, 0.1) is 17.1 Å². The Balaban J connectivity index is 2.11. The molecular weight excluding hydrogens is 356 g/mol. The predicted molar refractivity (Wildman–Crippen MR) is 81.8 cm³/mol. The summed E-state index contributed by atoms with van der Waals surface area (Å²) in [7, 11) is 0. The Morgan fingerprint density at radius 2 is 1.65 bits per heavy atom. The van der Waals surface area contributed by atoms with E-state index in [-0.39, 0.29) is 11.3 Å². The van der Waals surface area contributed by atoms with Crippen LogP contribution in [0.4, 0.5) is 17.6 Å². The van der Waals surface area contributed by atoms with Crippen LogP contribution in [0.2, 0.25) is 0 Å². The van der Waals surface area contributed by atoms with Crippen LogP contribution in [0.15, 0.2) is 54.1 Å². The van der Waals surface area contributed by atoms with Gasteiger partial charge in [0.1, 0.15) is 17.6 Å². The summed E-state index contributed by atoms with van der Waals surface area (Å²) < 4.78 is 50.2. The highest BCUT2D eigenvalue weighted by Gasteiger charge is 2.30. The fraction of sp³-hybridized carbons (Fsp3) is 0.0588. The fourth-order valence-corrected chi connectivity index (χ4v) is 1.83. The molecule has 5 nitrogen and oxygen atoms in total. The molecule has 0 bridgehead atoms. The smallest absolute Gasteiger partial charge is 0.416 e. The Labute approximate surface area is 144 Å². The molecule has 0 radical (unpaired) electrons. The second-order valence-corrected chi connectivity index (χ2v) is 4.90. The van der Waals surface area contributed by atoms with Crippen LogP contribution in [0.25, 0.3) is 5.76 Å². The summed E-state index contributed by atoms with van der Waals surface area (Å²) in [5.74, 6) is -2.53. The third-order valence-electron chi connectivity index (χ3n) is 3.14. The number of hydrogen-bond acceptors (Lipinski definition) is 4. The molecule has 9 heteroatoms. The van der Waals surface area contributed by atoms with Crippen molar-refractivity contribution in [3.8, 4) is 11.8 Å². The Bertz CT molecular complexity index is 867. The number of aliphatic hydroxyl groups is 1. The summed E-state index contributed by atoms with van der Waals surface area (Å²) in [4.78, 5) is 16.7. The van der Waals surface area contributed by atoms with Crippen LogP contribution >= 0.6 is 0 Å². The number of carbonyl (C=O) groups is 1. The van der Waals surface area contributed by atoms with E-state index < -0.39 is 34.8 Å². The van der Waals surface area contributed by atoms with E-state index in [9.17, 15) is 27.5 Å². The van der Waals surface area contributed by atoms with Crippen LogP contribution in [0.3, 0.4) is 0 Å². The number of hydroxylamine groups is 1. The number of alkyl halides is 3. The molecule has 0 saturated heterocycles. The first-order chi connectivity index (χ1) is 12.2. The van der Waals surface area contributed by atoms with Crippen molar-refractivity contribution in [2.75, 3.05) is 0 Å². The van der Waals surface area contributed by atoms with Gasteiger partial charge in [-0.25, -0.2) is 4.39 Å². The van der Waals surface area contributed by atoms with Gasteiger partial charge >= 0.3 is 6.18 Å². The molecule has 0 spiro atoms. The number of benzene rings is 2. The molecule has 0 heterocycles. The summed E-state index contributed by atoms with van der Waals surface area (Å²) in [5, 5.41) is 19.0. The summed E-state index contributed by atoms with van der Waals surface area (Å²) in [6.07, 6.45) is -4.51. The molecule has 2 aromatic rings. The average Bonchev–Trinajstić information content (AvgIpc) is 2.60. The van der Waals surface area contributed by atoms with Crippen molar-refractivity contribution in [1.29, 1.82) is 5.26 Å². The summed E-state index contributed by atoms with van der Waals surface area (Å²) in [5.41, 5.74) is 0.237. The molecule has 2 N–H and O–H groups in total. The van der Waals surface area contributed by atoms with Gasteiger partial charge < -0.3 is 9.94 Å². The molecule has 0 saturated carbocycles. The SMILES string of the molecule is N#C/C(C(=O)NOc1ccc(C(F)(F)F)cc1)=C(\O)c1ccc(F)cc1. The lowest BCUT2D eigenvalue weighted by molar-refractivity contribution is -0.137. The van der Waals surface area contributed by atoms with Crippen molar-refractivity contribution >= 4 is 11.7 Å². The number of nitriles is 1. The standard InChI is InChI=1S/C17H10F4N2O3/c18-12-5-1-10(2-6-12)15(24)14(9-22)16(25)23-26-13-7-3-11(4-8-13)17(19,20)21/h1-8,24H,(H,23,25)/b15-14+. The van der Waals surface area contributed by atoms with Gasteiger partial charge in [0.05, 0.1) is 5.56 Å². The zero-order valence-electron chi connectivity index (χ0n) is 12.8. The Hall–Kier alpha value is -3.54. The van der Waals surface area contributed by atoms with Gasteiger partial charge in [-0.05, 0) is 48.5 Å². The first-order valence-corrected chi connectivity index (χ1v) is 6.96. The lowest BCUT2D eigenvalue weighted by Crippen LogP contribution is -2.28. The number of carbonyl (C=O) groups excluding carboxylic acids is 1. The Morgan fingerprint density at radius 1 is 1.08 bits per heavy atom. The number of nitrogens with zero attached hydrogens (tertiary/aromatic N) is 1. The maximum atomic E-state index is 12.9. The lowest BCUT2D eigenvalue weighted by Gasteiger charge is -2.10. The predicted octanol–water partition coefficient (Wildman–Crippen LogP) is 3.75. The molecule has 0 atom stereocenters. The molecule has 0 aliphatic rings. The molecular formula is C17H10F4N2O3. The van der Waals surface area contributed by atoms with Gasteiger partial charge in [-0.1, -0.05) is 0 Å². The molecule has 26 heavy (non-hydrogen) atoms. The highest BCUT2D eigenvalue weighted by molar-refractivity contribution is 6.03. The molecule has 2 rings (SSSR count). The van der Waals surface area contributed by atoms with Crippen LogP contribution in [0.1, 0.15) is 11.1 Å². The zero-order chi connectivity index (χ0) is 19.3. The average molecular weight is 366 g/mol. The van der Waals surface area contributed by atoms with Gasteiger partial charge in [-0.3, -0.25) is 4.79 Å². The number of aliphatic hydroxyl groups excluding tert-OH is 1. The number of rotatable bonds is 4. The molecule has 0 aromatic heterocycles. The quantitative estimate of drug-likeness (QED) is 0.284. The van der Waals surface area contributed by atoms with Gasteiger partial charge in [0, 0.05) is 5.56 Å². The van der Waals surface area contributed by atoms with Crippen molar-refractivity contribution in [2.45, 2.75) is 6.18 Å². The second kappa shape index (κ2) is 7.57. The van der Waals surface area contributed by atoms with E-state index in [0.717, 1.165) is 48.5 Å². The highest BCUT2D eigenvalue weighted by atomic mass is 19.4. The van der Waals surface area contributed by atoms with E-state index >= 15 is 0 Å². The van der Waals surface area contributed by atoms with Crippen LogP contribution < -0.4 is 10.3 Å². The Morgan fingerprint density at radius 3 is 2.15 bits per heavy atom. The van der Waals surface area contributed by atoms with Crippen LogP contribution in [0.5, 0.6) is 5.75 Å². The van der Waals surface area contributed by atoms with E-state index in [1.54, 1.807) is 0 Å². The van der Waals surface area contributed by atoms with Crippen LogP contribution in [-0.4, -0.2) is 11.0 Å². The monoisotopic (exact) mass is 366 g/mol. The number of amides is 1. The summed E-state index contributed by atoms with van der Waals surface area (Å²) in [6.45, 7) is 0. The van der Waals surface area contributed by atoms with Gasteiger partial charge in [-0.2, -0.15) is 23.9 Å². The van der Waals surface area contributed by atoms with Gasteiger partial charge in [0.25, 0.3) is 5.91 Å². The van der Waals surface area contributed by atoms with Crippen molar-refractivity contribution in [2.24, 2.45) is 0 Å². The normalized spacial score (nSPS) is 12.0. The topological polar surface area (TPSA) is 82.4 Å². The Kier molecular flexibility index (Phi) is 5.47. The van der Waals surface area contributed by atoms with E-state index in [0.29, 0.717) is 0 Å². The van der Waals surface area contributed by atoms with Crippen LogP contribution in [-0.2, 0) is 11.0 Å². The number of nitrogens with one attached hydrogen (secondary N) is 1. The first kappa shape index (κ1) is 18.8. The van der Waals surface area contributed by atoms with Gasteiger partial charge in [0.2, 0.25) is 0 Å². The number of hydrogen-bond donors (Lipinski definition) is 2. The lowest BCUT2D eigenvalue weighted by atomic mass is 10.1. The van der Waals surface area contributed by atoms with Crippen molar-refractivity contribution in [1.82, 2.24) is 5.48 Å². The molecule has 0 fully saturated rings. The minimum absolute atomic E-state index is 0.0210. The molecule has 0 aliphatic carbocycles. The second-order valence-electron chi connectivity index (χ2n) is 4.90. The third kappa shape index (κ3) is 4.51. The largest absolute Gasteiger partial charge is 0.506 e. The van der Waals surface area contributed by atoms with E-state index in [4.69, 9.17) is 10.1 Å². The first-order valence-electron chi connectivity index (χ1n) is 6.96. The van der Waals surface area contributed by atoms with Gasteiger partial charge in [-0.15, -0.1) is 0 Å². The summed E-state index contributed by atoms with van der Waals surface area (Å²) >= 11 is 0. The fourth-order valence-electron chi connectivity index (χ4n) is 1.83. The summed E-state index contributed by atoms with van der Waals surface area (Å²) in [6, 6.07) is 9.28. The van der Waals surface area contributed by atoms with E-state index in [2.05, 4.69) is 0 Å². The number of halogens is 4. The maximum Gasteiger partial charge on any atom is 0.416 e. The minimum Gasteiger partial charge on any atom is -0.506 e. The zero-order valence-corrected chi connectivity index (χ0v) is 12.8. The minimum atomic E-state index is -4.51. The molecule has 0 aliphatic heterocycles. The van der Waals surface area contributed by atoms with Crippen molar-refractivity contribution in [3.05, 3.63) is 71.0 Å². The maximum absolute atomic E-state index is 12.9. The highest BCUT2D eigenvalue weighted by Crippen LogP contribution is 2.30. The molecule has 2 aromatic carbocycles. The third-order valence-corrected chi connectivity index (χ3v) is 3.14. The van der Waals surface area contributed by atoms with Crippen molar-refractivity contribution in [3.63, 3.8) is 0 Å². The molecule has 134 valence electrons. The molecule has 1 amide bonds. The van der Waals surface area contributed by atoms with Crippen molar-refractivity contribution < 1.29 is 32.3 Å².